The van der Waals surface area contributed by atoms with Crippen LogP contribution in [0.3, 0.4) is 0 Å². The van der Waals surface area contributed by atoms with Crippen LogP contribution in [0.4, 0.5) is 0 Å². The van der Waals surface area contributed by atoms with Crippen LogP contribution in [0.1, 0.15) is 31.9 Å². The Hall–Kier alpha value is -3.20. The van der Waals surface area contributed by atoms with Crippen LogP contribution in [0.2, 0.25) is 0 Å². The summed E-state index contributed by atoms with van der Waals surface area (Å²) in [5, 5.41) is 0.647. The molecule has 0 aliphatic rings. The minimum Gasteiger partial charge on any atom is -0.288 e. The molecular weight excluding hydrogens is 344 g/mol. The van der Waals surface area contributed by atoms with Crippen LogP contribution in [0.25, 0.3) is 22.3 Å². The maximum atomic E-state index is 13.3. The molecule has 3 nitrogen and oxygen atoms in total. The van der Waals surface area contributed by atoms with Gasteiger partial charge in [-0.15, -0.1) is 0 Å². The molecule has 0 bridgehead atoms. The van der Waals surface area contributed by atoms with Crippen LogP contribution < -0.4 is 5.56 Å². The predicted octanol–water partition coefficient (Wildman–Crippen LogP) is 5.41. The SMILES string of the molecule is CC(C)(C)c1ccc(-c2nc3ccccc3c(=O)n2Cc2ccccc2)cc1. The smallest absolute Gasteiger partial charge is 0.261 e. The van der Waals surface area contributed by atoms with Gasteiger partial charge in [-0.25, -0.2) is 4.98 Å². The third-order valence-corrected chi connectivity index (χ3v) is 5.05. The van der Waals surface area contributed by atoms with Crippen LogP contribution in [0, 0.1) is 0 Å². The fourth-order valence-corrected chi connectivity index (χ4v) is 3.42. The Bertz CT molecular complexity index is 1170. The number of para-hydroxylation sites is 1. The highest BCUT2D eigenvalue weighted by atomic mass is 16.1. The maximum Gasteiger partial charge on any atom is 0.261 e. The van der Waals surface area contributed by atoms with E-state index in [0.717, 1.165) is 16.6 Å². The summed E-state index contributed by atoms with van der Waals surface area (Å²) in [6, 6.07) is 26.0. The van der Waals surface area contributed by atoms with Crippen molar-refractivity contribution >= 4 is 10.9 Å². The Balaban J connectivity index is 1.91. The largest absolute Gasteiger partial charge is 0.288 e. The second-order valence-electron chi connectivity index (χ2n) is 8.16. The molecule has 0 amide bonds. The van der Waals surface area contributed by atoms with Gasteiger partial charge in [0.1, 0.15) is 5.82 Å². The van der Waals surface area contributed by atoms with E-state index >= 15 is 0 Å². The van der Waals surface area contributed by atoms with E-state index in [-0.39, 0.29) is 11.0 Å². The third-order valence-electron chi connectivity index (χ3n) is 5.05. The van der Waals surface area contributed by atoms with Crippen molar-refractivity contribution in [1.29, 1.82) is 0 Å². The van der Waals surface area contributed by atoms with Crippen molar-refractivity contribution < 1.29 is 0 Å². The number of nitrogens with zero attached hydrogens (tertiary/aromatic N) is 2. The average Bonchev–Trinajstić information content (AvgIpc) is 2.70. The van der Waals surface area contributed by atoms with Gasteiger partial charge in [-0.3, -0.25) is 9.36 Å². The molecule has 0 spiro atoms. The Morgan fingerprint density at radius 3 is 2.14 bits per heavy atom. The number of hydrogen-bond acceptors (Lipinski definition) is 2. The van der Waals surface area contributed by atoms with Gasteiger partial charge in [-0.1, -0.05) is 87.5 Å². The molecule has 0 saturated heterocycles. The minimum atomic E-state index is -0.00986. The zero-order valence-electron chi connectivity index (χ0n) is 16.5. The lowest BCUT2D eigenvalue weighted by Gasteiger charge is -2.20. The molecule has 3 heteroatoms. The molecule has 4 aromatic rings. The van der Waals surface area contributed by atoms with Gasteiger partial charge < -0.3 is 0 Å². The molecule has 0 unspecified atom stereocenters. The molecule has 0 fully saturated rings. The molecule has 0 atom stereocenters. The summed E-state index contributed by atoms with van der Waals surface area (Å²) in [5.74, 6) is 0.702. The highest BCUT2D eigenvalue weighted by molar-refractivity contribution is 5.79. The molecule has 140 valence electrons. The van der Waals surface area contributed by atoms with E-state index in [2.05, 4.69) is 45.0 Å². The van der Waals surface area contributed by atoms with E-state index < -0.39 is 0 Å². The number of hydrogen-bond donors (Lipinski definition) is 0. The fourth-order valence-electron chi connectivity index (χ4n) is 3.42. The number of benzene rings is 3. The van der Waals surface area contributed by atoms with E-state index in [4.69, 9.17) is 4.98 Å². The van der Waals surface area contributed by atoms with Gasteiger partial charge in [0.2, 0.25) is 0 Å². The van der Waals surface area contributed by atoms with E-state index in [1.165, 1.54) is 5.56 Å². The van der Waals surface area contributed by atoms with Gasteiger partial charge in [0.15, 0.2) is 0 Å². The van der Waals surface area contributed by atoms with Crippen LogP contribution in [0.15, 0.2) is 83.7 Å². The zero-order valence-corrected chi connectivity index (χ0v) is 16.5. The van der Waals surface area contributed by atoms with Crippen LogP contribution in [-0.4, -0.2) is 9.55 Å². The van der Waals surface area contributed by atoms with Crippen molar-refractivity contribution in [3.05, 3.63) is 100 Å². The van der Waals surface area contributed by atoms with Crippen molar-refractivity contribution in [1.82, 2.24) is 9.55 Å². The summed E-state index contributed by atoms with van der Waals surface area (Å²) >= 11 is 0. The summed E-state index contributed by atoms with van der Waals surface area (Å²) in [6.45, 7) is 7.08. The fraction of sp³-hybridized carbons (Fsp3) is 0.200. The second-order valence-corrected chi connectivity index (χ2v) is 8.16. The van der Waals surface area contributed by atoms with Gasteiger partial charge >= 0.3 is 0 Å². The summed E-state index contributed by atoms with van der Waals surface area (Å²) in [5.41, 5.74) is 4.09. The molecule has 28 heavy (non-hydrogen) atoms. The van der Waals surface area contributed by atoms with Gasteiger partial charge in [0.25, 0.3) is 5.56 Å². The highest BCUT2D eigenvalue weighted by Gasteiger charge is 2.16. The number of aromatic nitrogens is 2. The lowest BCUT2D eigenvalue weighted by molar-refractivity contribution is 0.590. The summed E-state index contributed by atoms with van der Waals surface area (Å²) in [4.78, 5) is 18.1. The first-order valence-corrected chi connectivity index (χ1v) is 9.58. The topological polar surface area (TPSA) is 34.9 Å². The van der Waals surface area contributed by atoms with Crippen molar-refractivity contribution in [3.8, 4) is 11.4 Å². The summed E-state index contributed by atoms with van der Waals surface area (Å²) in [6.07, 6.45) is 0. The number of rotatable bonds is 3. The highest BCUT2D eigenvalue weighted by Crippen LogP contribution is 2.26. The Morgan fingerprint density at radius 1 is 0.821 bits per heavy atom. The van der Waals surface area contributed by atoms with Gasteiger partial charge in [-0.05, 0) is 28.7 Å². The lowest BCUT2D eigenvalue weighted by atomic mass is 9.86. The molecular formula is C25H24N2O. The molecule has 0 radical (unpaired) electrons. The van der Waals surface area contributed by atoms with Gasteiger partial charge in [-0.2, -0.15) is 0 Å². The van der Waals surface area contributed by atoms with Crippen LogP contribution >= 0.6 is 0 Å². The van der Waals surface area contributed by atoms with Crippen molar-refractivity contribution in [3.63, 3.8) is 0 Å². The second kappa shape index (κ2) is 7.08. The van der Waals surface area contributed by atoms with Crippen molar-refractivity contribution in [2.24, 2.45) is 0 Å². The Kier molecular flexibility index (Phi) is 4.60. The molecule has 0 N–H and O–H groups in total. The van der Waals surface area contributed by atoms with Crippen LogP contribution in [0.5, 0.6) is 0 Å². The first-order chi connectivity index (χ1) is 13.4. The predicted molar refractivity (Wildman–Crippen MR) is 116 cm³/mol. The van der Waals surface area contributed by atoms with Gasteiger partial charge in [0, 0.05) is 5.56 Å². The zero-order chi connectivity index (χ0) is 19.7. The summed E-state index contributed by atoms with van der Waals surface area (Å²) < 4.78 is 1.78. The van der Waals surface area contributed by atoms with Gasteiger partial charge in [0.05, 0.1) is 17.4 Å². The molecule has 0 aliphatic carbocycles. The molecule has 0 aliphatic heterocycles. The lowest BCUT2D eigenvalue weighted by Crippen LogP contribution is -2.24. The quantitative estimate of drug-likeness (QED) is 0.485. The monoisotopic (exact) mass is 368 g/mol. The average molecular weight is 368 g/mol. The number of fused-ring (bicyclic) bond motifs is 1. The Morgan fingerprint density at radius 2 is 1.46 bits per heavy atom. The molecule has 1 aromatic heterocycles. The first kappa shape index (κ1) is 18.2. The van der Waals surface area contributed by atoms with E-state index in [1.807, 2.05) is 54.6 Å². The standard InChI is InChI=1S/C25H24N2O/c1-25(2,3)20-15-13-19(14-16-20)23-26-22-12-8-7-11-21(22)24(28)27(23)17-18-9-5-4-6-10-18/h4-16H,17H2,1-3H3. The van der Waals surface area contributed by atoms with Crippen LogP contribution in [-0.2, 0) is 12.0 Å². The minimum absolute atomic E-state index is 0.00986. The summed E-state index contributed by atoms with van der Waals surface area (Å²) in [7, 11) is 0. The normalized spacial score (nSPS) is 11.7. The maximum absolute atomic E-state index is 13.3. The molecule has 0 saturated carbocycles. The van der Waals surface area contributed by atoms with E-state index in [0.29, 0.717) is 17.8 Å². The first-order valence-electron chi connectivity index (χ1n) is 9.58. The van der Waals surface area contributed by atoms with E-state index in [1.54, 1.807) is 4.57 Å². The molecule has 3 aromatic carbocycles. The molecule has 4 rings (SSSR count). The van der Waals surface area contributed by atoms with Crippen molar-refractivity contribution in [2.75, 3.05) is 0 Å². The van der Waals surface area contributed by atoms with E-state index in [9.17, 15) is 4.79 Å². The molecule has 1 heterocycles. The third kappa shape index (κ3) is 3.48. The van der Waals surface area contributed by atoms with Crippen molar-refractivity contribution in [2.45, 2.75) is 32.7 Å². The Labute approximate surface area is 165 Å².